The van der Waals surface area contributed by atoms with Crippen LogP contribution in [0.4, 0.5) is 32.3 Å². The number of hydrogen-bond acceptors (Lipinski definition) is 19. The van der Waals surface area contributed by atoms with Gasteiger partial charge in [-0.2, -0.15) is 8.42 Å². The molecule has 25 nitrogen and oxygen atoms in total. The van der Waals surface area contributed by atoms with Gasteiger partial charge in [-0.15, -0.1) is 0 Å². The number of nitrogens with zero attached hydrogens (tertiary/aromatic N) is 6. The van der Waals surface area contributed by atoms with E-state index in [1.807, 2.05) is 4.90 Å². The van der Waals surface area contributed by atoms with Crippen molar-refractivity contribution in [3.05, 3.63) is 140 Å². The molecule has 4 N–H and O–H groups in total. The van der Waals surface area contributed by atoms with E-state index in [1.54, 1.807) is 31.2 Å². The minimum atomic E-state index is -3.66. The third kappa shape index (κ3) is 14.7. The Kier molecular flexibility index (Phi) is 17.2. The zero-order valence-electron chi connectivity index (χ0n) is 38.2. The summed E-state index contributed by atoms with van der Waals surface area (Å²) in [6.07, 6.45) is -1.30. The highest BCUT2D eigenvalue weighted by Gasteiger charge is 2.35. The van der Waals surface area contributed by atoms with E-state index in [2.05, 4.69) is 19.7 Å². The van der Waals surface area contributed by atoms with Crippen molar-refractivity contribution in [1.82, 2.24) is 20.4 Å². The summed E-state index contributed by atoms with van der Waals surface area (Å²) < 4.78 is 42.5. The molecule has 3 saturated heterocycles. The summed E-state index contributed by atoms with van der Waals surface area (Å²) in [5.74, 6) is -1.96. The molecule has 4 amide bonds. The van der Waals surface area contributed by atoms with E-state index in [9.17, 15) is 52.6 Å². The molecule has 71 heavy (non-hydrogen) atoms. The Balaban J connectivity index is 0.000000237. The molecule has 3 aliphatic heterocycles. The number of nitrogens with one attached hydrogen (secondary N) is 4. The maximum Gasteiger partial charge on any atom is 0.414 e. The van der Waals surface area contributed by atoms with Crippen LogP contribution in [0, 0.1) is 31.0 Å². The van der Waals surface area contributed by atoms with Gasteiger partial charge in [0.15, 0.2) is 0 Å². The SMILES string of the molecule is CCOC(=O)CN1CCN(CC2CN(c3ccc(C(=N)NC(=O)c4cccc([N+](=O)[O-])c4)cc3)C(=O)O2)CC1.CS(=O)(=O)OCC1CN(c2ccc(C(=N)NC(=O)c3cccc([N+](=O)[O-])c3)cc2)C(=O)O1. The molecule has 7 rings (SSSR count). The third-order valence-corrected chi connectivity index (χ3v) is 11.4. The van der Waals surface area contributed by atoms with E-state index >= 15 is 0 Å². The van der Waals surface area contributed by atoms with E-state index in [0.717, 1.165) is 44.6 Å². The van der Waals surface area contributed by atoms with E-state index in [1.165, 1.54) is 70.5 Å². The highest BCUT2D eigenvalue weighted by molar-refractivity contribution is 7.86. The minimum absolute atomic E-state index is 0.0303. The van der Waals surface area contributed by atoms with Crippen LogP contribution in [0.15, 0.2) is 97.1 Å². The van der Waals surface area contributed by atoms with Crippen LogP contribution in [0.3, 0.4) is 0 Å². The lowest BCUT2D eigenvalue weighted by molar-refractivity contribution is -0.385. The van der Waals surface area contributed by atoms with Crippen LogP contribution in [-0.2, 0) is 33.3 Å². The molecular weight excluding hydrogens is 953 g/mol. The van der Waals surface area contributed by atoms with Crippen molar-refractivity contribution in [3.8, 4) is 0 Å². The molecule has 3 heterocycles. The second kappa shape index (κ2) is 23.4. The molecule has 26 heteroatoms. The molecular formula is C45H48N10O15S. The van der Waals surface area contributed by atoms with Crippen LogP contribution >= 0.6 is 0 Å². The molecule has 0 spiro atoms. The Morgan fingerprint density at radius 1 is 0.690 bits per heavy atom. The summed E-state index contributed by atoms with van der Waals surface area (Å²) in [6, 6.07) is 23.0. The maximum absolute atomic E-state index is 12.5. The highest BCUT2D eigenvalue weighted by atomic mass is 32.2. The molecule has 2 atom stereocenters. The number of carbonyl (C=O) groups is 5. The Labute approximate surface area is 405 Å². The quantitative estimate of drug-likeness (QED) is 0.0237. The number of amidine groups is 2. The summed E-state index contributed by atoms with van der Waals surface area (Å²) >= 11 is 0. The number of benzene rings is 4. The summed E-state index contributed by atoms with van der Waals surface area (Å²) in [4.78, 5) is 88.6. The molecule has 374 valence electrons. The number of ether oxygens (including phenoxy) is 3. The molecule has 0 saturated carbocycles. The zero-order valence-corrected chi connectivity index (χ0v) is 39.0. The first-order chi connectivity index (χ1) is 33.8. The van der Waals surface area contributed by atoms with Gasteiger partial charge in [-0.25, -0.2) is 9.59 Å². The van der Waals surface area contributed by atoms with Crippen molar-refractivity contribution in [3.63, 3.8) is 0 Å². The van der Waals surface area contributed by atoms with Gasteiger partial charge in [0.25, 0.3) is 33.3 Å². The number of carbonyl (C=O) groups excluding carboxylic acids is 5. The number of hydrogen-bond donors (Lipinski definition) is 4. The van der Waals surface area contributed by atoms with Gasteiger partial charge in [0.05, 0.1) is 42.3 Å². The monoisotopic (exact) mass is 1000 g/mol. The molecule has 0 aliphatic carbocycles. The number of cyclic esters (lactones) is 2. The number of nitro benzene ring substituents is 2. The lowest BCUT2D eigenvalue weighted by Gasteiger charge is -2.34. The standard InChI is InChI=1S/C26H30N6O7.C19H18N4O8S/c1-2-38-23(33)17-30-12-10-29(11-13-30)15-22-16-31(26(35)39-22)20-8-6-18(7-9-20)24(27)28-25(34)19-4-3-5-21(14-19)32(36)37;1-32(28,29)30-11-16-10-22(19(25)31-16)14-7-5-12(6-8-14)17(20)21-18(24)13-3-2-4-15(9-13)23(26)27/h3-9,14,22H,2,10-13,15-17H2,1H3,(H2,27,28,34);2-9,16H,10-11H2,1H3,(H2,20,21,24). The maximum atomic E-state index is 12.5. The molecule has 2 unspecified atom stereocenters. The van der Waals surface area contributed by atoms with Crippen LogP contribution in [0.1, 0.15) is 38.8 Å². The predicted octanol–water partition coefficient (Wildman–Crippen LogP) is 3.51. The first kappa shape index (κ1) is 52.2. The number of esters is 1. The average Bonchev–Trinajstić information content (AvgIpc) is 3.91. The lowest BCUT2D eigenvalue weighted by Crippen LogP contribution is -2.50. The number of non-ortho nitro benzene ring substituents is 2. The number of piperazine rings is 1. The Bertz CT molecular complexity index is 2810. The molecule has 3 fully saturated rings. The number of anilines is 2. The molecule has 4 aromatic rings. The normalized spacial score (nSPS) is 17.0. The topological polar surface area (TPSA) is 327 Å². The molecule has 0 bridgehead atoms. The fraction of sp³-hybridized carbons (Fsp3) is 0.311. The third-order valence-electron chi connectivity index (χ3n) is 10.9. The van der Waals surface area contributed by atoms with Gasteiger partial charge in [-0.3, -0.25) is 69.2 Å². The zero-order chi connectivity index (χ0) is 51.4. The van der Waals surface area contributed by atoms with Crippen molar-refractivity contribution < 1.29 is 60.6 Å². The summed E-state index contributed by atoms with van der Waals surface area (Å²) in [6.45, 7) is 6.15. The smallest absolute Gasteiger partial charge is 0.414 e. The lowest BCUT2D eigenvalue weighted by atomic mass is 10.1. The van der Waals surface area contributed by atoms with Gasteiger partial charge in [-0.1, -0.05) is 12.1 Å². The summed E-state index contributed by atoms with van der Waals surface area (Å²) in [5, 5.41) is 42.9. The van der Waals surface area contributed by atoms with Crippen molar-refractivity contribution >= 4 is 74.5 Å². The van der Waals surface area contributed by atoms with Crippen molar-refractivity contribution in [2.45, 2.75) is 19.1 Å². The second-order valence-electron chi connectivity index (χ2n) is 16.0. The Morgan fingerprint density at radius 3 is 1.56 bits per heavy atom. The van der Waals surface area contributed by atoms with E-state index < -0.39 is 50.1 Å². The first-order valence-corrected chi connectivity index (χ1v) is 23.5. The minimum Gasteiger partial charge on any atom is -0.465 e. The van der Waals surface area contributed by atoms with E-state index in [0.29, 0.717) is 42.2 Å². The van der Waals surface area contributed by atoms with Crippen LogP contribution in [0.5, 0.6) is 0 Å². The van der Waals surface area contributed by atoms with Gasteiger partial charge >= 0.3 is 18.2 Å². The Morgan fingerprint density at radius 2 is 1.13 bits per heavy atom. The molecule has 3 aliphatic rings. The number of nitro groups is 2. The predicted molar refractivity (Wildman–Crippen MR) is 253 cm³/mol. The Hall–Kier alpha value is -8.20. The van der Waals surface area contributed by atoms with Crippen molar-refractivity contribution in [2.24, 2.45) is 0 Å². The van der Waals surface area contributed by atoms with E-state index in [-0.39, 0.29) is 65.9 Å². The molecule has 0 radical (unpaired) electrons. The fourth-order valence-corrected chi connectivity index (χ4v) is 7.71. The van der Waals surface area contributed by atoms with Crippen LogP contribution in [-0.4, -0.2) is 154 Å². The van der Waals surface area contributed by atoms with Crippen molar-refractivity contribution in [2.75, 3.05) is 81.6 Å². The first-order valence-electron chi connectivity index (χ1n) is 21.7. The van der Waals surface area contributed by atoms with Gasteiger partial charge in [-0.05, 0) is 67.6 Å². The average molecular weight is 1000 g/mol. The summed E-state index contributed by atoms with van der Waals surface area (Å²) in [7, 11) is -3.66. The number of rotatable bonds is 16. The van der Waals surface area contributed by atoms with Gasteiger partial charge in [0, 0.05) is 90.6 Å². The highest BCUT2D eigenvalue weighted by Crippen LogP contribution is 2.25. The van der Waals surface area contributed by atoms with Gasteiger partial charge in [0.1, 0.15) is 30.5 Å². The van der Waals surface area contributed by atoms with Gasteiger partial charge < -0.3 is 24.8 Å². The summed E-state index contributed by atoms with van der Waals surface area (Å²) in [5.41, 5.74) is 1.41. The second-order valence-corrected chi connectivity index (χ2v) is 17.6. The fourth-order valence-electron chi connectivity index (χ4n) is 7.31. The molecule has 4 aromatic carbocycles. The van der Waals surface area contributed by atoms with Crippen LogP contribution in [0.25, 0.3) is 0 Å². The van der Waals surface area contributed by atoms with Crippen molar-refractivity contribution in [1.29, 1.82) is 10.8 Å². The van der Waals surface area contributed by atoms with Crippen LogP contribution < -0.4 is 20.4 Å². The number of amides is 4. The van der Waals surface area contributed by atoms with Crippen LogP contribution in [0.2, 0.25) is 0 Å². The van der Waals surface area contributed by atoms with E-state index in [4.69, 9.17) is 25.0 Å². The van der Waals surface area contributed by atoms with Gasteiger partial charge in [0.2, 0.25) is 0 Å². The largest absolute Gasteiger partial charge is 0.465 e. The molecule has 0 aromatic heterocycles.